The van der Waals surface area contributed by atoms with Crippen molar-refractivity contribution in [3.05, 3.63) is 54.4 Å². The van der Waals surface area contributed by atoms with E-state index in [0.717, 1.165) is 11.1 Å². The fourth-order valence-electron chi connectivity index (χ4n) is 1.18. The highest BCUT2D eigenvalue weighted by molar-refractivity contribution is 5.75. The molecule has 0 aromatic carbocycles. The summed E-state index contributed by atoms with van der Waals surface area (Å²) in [6.45, 7) is 5.60. The molecule has 0 amide bonds. The Kier molecular flexibility index (Phi) is 3.51. The molecule has 0 aliphatic carbocycles. The molecule has 0 saturated carbocycles. The molecule has 0 fully saturated rings. The van der Waals surface area contributed by atoms with Crippen LogP contribution in [0.3, 0.4) is 0 Å². The van der Waals surface area contributed by atoms with E-state index in [0.29, 0.717) is 5.69 Å². The monoisotopic (exact) mass is 184 g/mol. The number of H-pyrrole nitrogens is 1. The van der Waals surface area contributed by atoms with Crippen LogP contribution in [0, 0.1) is 11.3 Å². The first kappa shape index (κ1) is 10.1. The summed E-state index contributed by atoms with van der Waals surface area (Å²) in [5.74, 6) is 0. The lowest BCUT2D eigenvalue weighted by atomic mass is 10.1. The molecule has 2 heteroatoms. The summed E-state index contributed by atoms with van der Waals surface area (Å²) in [5, 5.41) is 8.65. The van der Waals surface area contributed by atoms with E-state index in [1.807, 2.05) is 37.4 Å². The van der Waals surface area contributed by atoms with Crippen LogP contribution in [-0.4, -0.2) is 4.98 Å². The van der Waals surface area contributed by atoms with Gasteiger partial charge in [0.2, 0.25) is 0 Å². The van der Waals surface area contributed by atoms with Crippen LogP contribution in [0.1, 0.15) is 18.2 Å². The van der Waals surface area contributed by atoms with E-state index in [2.05, 4.69) is 17.6 Å². The first-order valence-electron chi connectivity index (χ1n) is 4.36. The molecular formula is C12H12N2. The second-order valence-electron chi connectivity index (χ2n) is 2.77. The Morgan fingerprint density at radius 3 is 2.93 bits per heavy atom. The Balaban J connectivity index is 3.06. The smallest absolute Gasteiger partial charge is 0.118 e. The second kappa shape index (κ2) is 4.88. The lowest BCUT2D eigenvalue weighted by molar-refractivity contribution is 1.33. The molecule has 0 aliphatic heterocycles. The molecule has 0 atom stereocenters. The topological polar surface area (TPSA) is 39.6 Å². The molecular weight excluding hydrogens is 172 g/mol. The van der Waals surface area contributed by atoms with Gasteiger partial charge in [-0.1, -0.05) is 30.9 Å². The van der Waals surface area contributed by atoms with E-state index in [-0.39, 0.29) is 0 Å². The zero-order valence-corrected chi connectivity index (χ0v) is 8.12. The van der Waals surface area contributed by atoms with Crippen molar-refractivity contribution < 1.29 is 0 Å². The van der Waals surface area contributed by atoms with Crippen molar-refractivity contribution in [2.45, 2.75) is 6.92 Å². The van der Waals surface area contributed by atoms with Gasteiger partial charge in [0.25, 0.3) is 0 Å². The van der Waals surface area contributed by atoms with Crippen LogP contribution in [-0.2, 0) is 0 Å². The van der Waals surface area contributed by atoms with Crippen LogP contribution in [0.4, 0.5) is 0 Å². The van der Waals surface area contributed by atoms with Crippen LogP contribution >= 0.6 is 0 Å². The average Bonchev–Trinajstić information content (AvgIpc) is 2.65. The third-order valence-electron chi connectivity index (χ3n) is 1.78. The summed E-state index contributed by atoms with van der Waals surface area (Å²) < 4.78 is 0. The van der Waals surface area contributed by atoms with Gasteiger partial charge in [0.1, 0.15) is 11.8 Å². The van der Waals surface area contributed by atoms with Crippen molar-refractivity contribution in [1.82, 2.24) is 4.98 Å². The van der Waals surface area contributed by atoms with E-state index in [9.17, 15) is 0 Å². The summed E-state index contributed by atoms with van der Waals surface area (Å²) in [5.41, 5.74) is 2.61. The second-order valence-corrected chi connectivity index (χ2v) is 2.77. The van der Waals surface area contributed by atoms with Gasteiger partial charge < -0.3 is 4.98 Å². The number of nitriles is 1. The summed E-state index contributed by atoms with van der Waals surface area (Å²) in [6, 6.07) is 3.87. The summed E-state index contributed by atoms with van der Waals surface area (Å²) in [6.07, 6.45) is 9.38. The minimum Gasteiger partial charge on any atom is -0.353 e. The van der Waals surface area contributed by atoms with Gasteiger partial charge in [-0.3, -0.25) is 0 Å². The molecule has 0 unspecified atom stereocenters. The van der Waals surface area contributed by atoms with Crippen molar-refractivity contribution in [2.75, 3.05) is 0 Å². The molecule has 1 rings (SSSR count). The third kappa shape index (κ3) is 2.24. The largest absolute Gasteiger partial charge is 0.353 e. The Hall–Kier alpha value is -2.01. The van der Waals surface area contributed by atoms with Crippen LogP contribution in [0.25, 0.3) is 5.57 Å². The standard InChI is InChI=1S/C12H12N2/c1-3-5-10(6-4-2)11-7-12(8-13)14-9-11/h3-7,9,14H,1H2,2H3/b6-4-,10-5+. The van der Waals surface area contributed by atoms with Crippen LogP contribution in [0.2, 0.25) is 0 Å². The van der Waals surface area contributed by atoms with Gasteiger partial charge in [0.05, 0.1) is 0 Å². The summed E-state index contributed by atoms with van der Waals surface area (Å²) in [7, 11) is 0. The average molecular weight is 184 g/mol. The van der Waals surface area contributed by atoms with Gasteiger partial charge in [0.15, 0.2) is 0 Å². The molecule has 0 aliphatic rings. The van der Waals surface area contributed by atoms with Gasteiger partial charge >= 0.3 is 0 Å². The highest BCUT2D eigenvalue weighted by atomic mass is 14.7. The maximum absolute atomic E-state index is 8.65. The Labute approximate surface area is 83.9 Å². The van der Waals surface area contributed by atoms with Crippen molar-refractivity contribution >= 4 is 5.57 Å². The molecule has 1 heterocycles. The molecule has 1 aromatic heterocycles. The van der Waals surface area contributed by atoms with Crippen molar-refractivity contribution in [3.8, 4) is 6.07 Å². The number of hydrogen-bond acceptors (Lipinski definition) is 1. The normalized spacial score (nSPS) is 11.6. The molecule has 1 aromatic rings. The number of nitrogens with one attached hydrogen (secondary N) is 1. The van der Waals surface area contributed by atoms with Gasteiger partial charge in [-0.05, 0) is 18.6 Å². The van der Waals surface area contributed by atoms with E-state index >= 15 is 0 Å². The number of aromatic amines is 1. The molecule has 1 N–H and O–H groups in total. The molecule has 0 bridgehead atoms. The number of hydrogen-bond donors (Lipinski definition) is 1. The molecule has 14 heavy (non-hydrogen) atoms. The summed E-state index contributed by atoms with van der Waals surface area (Å²) in [4.78, 5) is 2.88. The first-order chi connectivity index (χ1) is 6.81. The molecule has 0 radical (unpaired) electrons. The summed E-state index contributed by atoms with van der Waals surface area (Å²) >= 11 is 0. The first-order valence-corrected chi connectivity index (χ1v) is 4.36. The lowest BCUT2D eigenvalue weighted by Gasteiger charge is -1.95. The molecule has 0 saturated heterocycles. The Morgan fingerprint density at radius 2 is 2.43 bits per heavy atom. The highest BCUT2D eigenvalue weighted by Crippen LogP contribution is 2.16. The van der Waals surface area contributed by atoms with Crippen molar-refractivity contribution in [2.24, 2.45) is 0 Å². The van der Waals surface area contributed by atoms with Crippen molar-refractivity contribution in [3.63, 3.8) is 0 Å². The quantitative estimate of drug-likeness (QED) is 0.720. The number of allylic oxidation sites excluding steroid dienone is 5. The van der Waals surface area contributed by atoms with E-state index in [1.165, 1.54) is 0 Å². The SMILES string of the molecule is C=C/C=C(\C=C/C)c1c[nH]c(C#N)c1. The molecule has 0 spiro atoms. The minimum absolute atomic E-state index is 0.569. The highest BCUT2D eigenvalue weighted by Gasteiger charge is 2.00. The fourth-order valence-corrected chi connectivity index (χ4v) is 1.18. The number of nitrogens with zero attached hydrogens (tertiary/aromatic N) is 1. The predicted octanol–water partition coefficient (Wildman–Crippen LogP) is 3.03. The van der Waals surface area contributed by atoms with Crippen LogP contribution in [0.5, 0.6) is 0 Å². The molecule has 70 valence electrons. The maximum atomic E-state index is 8.65. The zero-order valence-electron chi connectivity index (χ0n) is 8.12. The third-order valence-corrected chi connectivity index (χ3v) is 1.78. The fraction of sp³-hybridized carbons (Fsp3) is 0.0833. The Bertz CT molecular complexity index is 414. The number of aromatic nitrogens is 1. The van der Waals surface area contributed by atoms with Gasteiger partial charge in [-0.25, -0.2) is 0 Å². The molecule has 2 nitrogen and oxygen atoms in total. The Morgan fingerprint density at radius 1 is 1.64 bits per heavy atom. The predicted molar refractivity (Wildman–Crippen MR) is 58.5 cm³/mol. The van der Waals surface area contributed by atoms with Crippen LogP contribution in [0.15, 0.2) is 43.1 Å². The van der Waals surface area contributed by atoms with Crippen LogP contribution < -0.4 is 0 Å². The lowest BCUT2D eigenvalue weighted by Crippen LogP contribution is -1.74. The van der Waals surface area contributed by atoms with Crippen molar-refractivity contribution in [1.29, 1.82) is 5.26 Å². The van der Waals surface area contributed by atoms with Gasteiger partial charge in [-0.2, -0.15) is 5.26 Å². The van der Waals surface area contributed by atoms with E-state index in [4.69, 9.17) is 5.26 Å². The van der Waals surface area contributed by atoms with Gasteiger partial charge in [0, 0.05) is 11.8 Å². The number of rotatable bonds is 3. The minimum atomic E-state index is 0.569. The van der Waals surface area contributed by atoms with Gasteiger partial charge in [-0.15, -0.1) is 0 Å². The maximum Gasteiger partial charge on any atom is 0.118 e. The van der Waals surface area contributed by atoms with E-state index < -0.39 is 0 Å². The van der Waals surface area contributed by atoms with E-state index in [1.54, 1.807) is 6.08 Å². The zero-order chi connectivity index (χ0) is 10.4.